The van der Waals surface area contributed by atoms with E-state index >= 15 is 0 Å². The third-order valence-corrected chi connectivity index (χ3v) is 4.45. The molecule has 0 fully saturated rings. The van der Waals surface area contributed by atoms with Crippen LogP contribution in [0.3, 0.4) is 0 Å². The van der Waals surface area contributed by atoms with E-state index in [0.717, 1.165) is 10.5 Å². The lowest BCUT2D eigenvalue weighted by Gasteiger charge is -2.11. The third kappa shape index (κ3) is 3.81. The summed E-state index contributed by atoms with van der Waals surface area (Å²) < 4.78 is 13.4. The highest BCUT2D eigenvalue weighted by Crippen LogP contribution is 2.29. The minimum absolute atomic E-state index is 0.310. The Labute approximate surface area is 143 Å². The molecule has 0 atom stereocenters. The first-order valence-electron chi connectivity index (χ1n) is 7.39. The first kappa shape index (κ1) is 16.2. The molecule has 0 spiro atoms. The molecular weight excluding hydrogens is 323 g/mol. The topological polar surface area (TPSA) is 42.0 Å². The average Bonchev–Trinajstić information content (AvgIpc) is 2.59. The number of nitrogens with one attached hydrogen (secondary N) is 1. The molecule has 120 valence electrons. The minimum atomic E-state index is -0.388. The zero-order valence-corrected chi connectivity index (χ0v) is 13.8. The van der Waals surface area contributed by atoms with Crippen LogP contribution in [0.15, 0.2) is 76.8 Å². The molecule has 3 rings (SSSR count). The molecule has 0 radical (unpaired) electrons. The molecule has 0 aliphatic carbocycles. The average molecular weight is 338 g/mol. The number of rotatable bonds is 4. The Morgan fingerprint density at radius 2 is 1.88 bits per heavy atom. The fourth-order valence-corrected chi connectivity index (χ4v) is 3.06. The van der Waals surface area contributed by atoms with Crippen LogP contribution in [0, 0.1) is 12.7 Å². The van der Waals surface area contributed by atoms with Crippen molar-refractivity contribution in [1.29, 1.82) is 0 Å². The highest BCUT2D eigenvalue weighted by molar-refractivity contribution is 7.99. The van der Waals surface area contributed by atoms with Crippen LogP contribution in [0.4, 0.5) is 10.1 Å². The Morgan fingerprint density at radius 3 is 2.67 bits per heavy atom. The summed E-state index contributed by atoms with van der Waals surface area (Å²) in [5.74, 6) is -0.698. The lowest BCUT2D eigenvalue weighted by Crippen LogP contribution is -2.14. The largest absolute Gasteiger partial charge is 0.322 e. The van der Waals surface area contributed by atoms with E-state index in [9.17, 15) is 9.18 Å². The van der Waals surface area contributed by atoms with Gasteiger partial charge in [-0.1, -0.05) is 36.0 Å². The normalized spacial score (nSPS) is 10.4. The van der Waals surface area contributed by atoms with Crippen molar-refractivity contribution in [2.75, 3.05) is 5.32 Å². The molecule has 5 heteroatoms. The Morgan fingerprint density at radius 1 is 1.08 bits per heavy atom. The fraction of sp³-hybridized carbons (Fsp3) is 0.0526. The van der Waals surface area contributed by atoms with Crippen LogP contribution >= 0.6 is 11.8 Å². The summed E-state index contributed by atoms with van der Waals surface area (Å²) in [7, 11) is 0. The smallest absolute Gasteiger partial charge is 0.258 e. The molecule has 0 aliphatic heterocycles. The Hall–Kier alpha value is -2.66. The summed E-state index contributed by atoms with van der Waals surface area (Å²) in [6.07, 6.45) is 1.65. The molecule has 1 amide bonds. The van der Waals surface area contributed by atoms with Crippen LogP contribution in [0.2, 0.25) is 0 Å². The lowest BCUT2D eigenvalue weighted by atomic mass is 10.2. The van der Waals surface area contributed by atoms with Gasteiger partial charge in [-0.15, -0.1) is 0 Å². The van der Waals surface area contributed by atoms with Crippen molar-refractivity contribution in [2.45, 2.75) is 16.8 Å². The van der Waals surface area contributed by atoms with E-state index in [1.807, 2.05) is 37.3 Å². The first-order valence-corrected chi connectivity index (χ1v) is 8.20. The molecule has 1 aromatic heterocycles. The molecule has 0 aliphatic rings. The molecule has 24 heavy (non-hydrogen) atoms. The van der Waals surface area contributed by atoms with Gasteiger partial charge in [-0.25, -0.2) is 9.37 Å². The number of nitrogens with zero attached hydrogens (tertiary/aromatic N) is 1. The van der Waals surface area contributed by atoms with Crippen molar-refractivity contribution in [3.05, 3.63) is 83.8 Å². The molecule has 3 aromatic rings. The van der Waals surface area contributed by atoms with Gasteiger partial charge in [0.05, 0.1) is 5.56 Å². The summed E-state index contributed by atoms with van der Waals surface area (Å²) in [6, 6.07) is 17.4. The van der Waals surface area contributed by atoms with Crippen molar-refractivity contribution in [3.8, 4) is 0 Å². The number of aromatic nitrogens is 1. The number of halogens is 1. The summed E-state index contributed by atoms with van der Waals surface area (Å²) in [5.41, 5.74) is 1.71. The van der Waals surface area contributed by atoms with Crippen LogP contribution in [-0.4, -0.2) is 10.9 Å². The molecule has 0 unspecified atom stereocenters. The second kappa shape index (κ2) is 7.27. The first-order chi connectivity index (χ1) is 11.6. The van der Waals surface area contributed by atoms with Gasteiger partial charge in [0.1, 0.15) is 10.8 Å². The van der Waals surface area contributed by atoms with Gasteiger partial charge in [0.25, 0.3) is 5.91 Å². The molecular formula is C19H15FN2OS. The van der Waals surface area contributed by atoms with Crippen LogP contribution in [0.1, 0.15) is 15.9 Å². The lowest BCUT2D eigenvalue weighted by molar-refractivity contribution is 0.102. The van der Waals surface area contributed by atoms with Crippen LogP contribution in [-0.2, 0) is 0 Å². The molecule has 0 saturated heterocycles. The summed E-state index contributed by atoms with van der Waals surface area (Å²) in [5, 5.41) is 3.37. The highest BCUT2D eigenvalue weighted by atomic mass is 32.2. The number of hydrogen-bond acceptors (Lipinski definition) is 3. The summed E-state index contributed by atoms with van der Waals surface area (Å²) in [6.45, 7) is 1.82. The van der Waals surface area contributed by atoms with Crippen molar-refractivity contribution < 1.29 is 9.18 Å². The zero-order chi connectivity index (χ0) is 16.9. The molecule has 0 saturated carbocycles. The Bertz CT molecular complexity index is 868. The second-order valence-electron chi connectivity index (χ2n) is 5.18. The van der Waals surface area contributed by atoms with E-state index in [1.165, 1.54) is 23.9 Å². The maximum atomic E-state index is 13.4. The third-order valence-electron chi connectivity index (χ3n) is 3.42. The molecule has 2 aromatic carbocycles. The number of amides is 1. The fourth-order valence-electron chi connectivity index (χ4n) is 2.16. The van der Waals surface area contributed by atoms with Crippen molar-refractivity contribution in [1.82, 2.24) is 4.98 Å². The molecule has 1 heterocycles. The van der Waals surface area contributed by atoms with Gasteiger partial charge >= 0.3 is 0 Å². The molecule has 3 nitrogen and oxygen atoms in total. The van der Waals surface area contributed by atoms with Crippen LogP contribution in [0.5, 0.6) is 0 Å². The number of benzene rings is 2. The van der Waals surface area contributed by atoms with E-state index in [0.29, 0.717) is 16.3 Å². The van der Waals surface area contributed by atoms with Crippen LogP contribution in [0.25, 0.3) is 0 Å². The maximum Gasteiger partial charge on any atom is 0.258 e. The van der Waals surface area contributed by atoms with Crippen molar-refractivity contribution >= 4 is 23.4 Å². The van der Waals surface area contributed by atoms with E-state index in [1.54, 1.807) is 24.4 Å². The van der Waals surface area contributed by atoms with Crippen molar-refractivity contribution in [3.63, 3.8) is 0 Å². The standard InChI is InChI=1S/C19H15FN2OS/c1-13-9-10-14(20)12-17(13)22-18(23)16-8-5-11-21-19(16)24-15-6-3-2-4-7-15/h2-12H,1H3,(H,22,23). The number of pyridine rings is 1. The SMILES string of the molecule is Cc1ccc(F)cc1NC(=O)c1cccnc1Sc1ccccc1. The predicted octanol–water partition coefficient (Wildman–Crippen LogP) is 4.93. The summed E-state index contributed by atoms with van der Waals surface area (Å²) >= 11 is 1.41. The number of aryl methyl sites for hydroxylation is 1. The monoisotopic (exact) mass is 338 g/mol. The van der Waals surface area contributed by atoms with Crippen LogP contribution < -0.4 is 5.32 Å². The number of anilines is 1. The molecule has 0 bridgehead atoms. The van der Waals surface area contributed by atoms with Gasteiger partial charge in [0.15, 0.2) is 0 Å². The van der Waals surface area contributed by atoms with Crippen molar-refractivity contribution in [2.24, 2.45) is 0 Å². The summed E-state index contributed by atoms with van der Waals surface area (Å²) in [4.78, 5) is 17.9. The second-order valence-corrected chi connectivity index (χ2v) is 6.25. The van der Waals surface area contributed by atoms with E-state index < -0.39 is 0 Å². The van der Waals surface area contributed by atoms with E-state index in [-0.39, 0.29) is 11.7 Å². The highest BCUT2D eigenvalue weighted by Gasteiger charge is 2.14. The maximum absolute atomic E-state index is 13.4. The minimum Gasteiger partial charge on any atom is -0.322 e. The Balaban J connectivity index is 1.86. The van der Waals surface area contributed by atoms with E-state index in [4.69, 9.17) is 0 Å². The number of hydrogen-bond donors (Lipinski definition) is 1. The number of carbonyl (C=O) groups excluding carboxylic acids is 1. The number of carbonyl (C=O) groups is 1. The Kier molecular flexibility index (Phi) is 4.91. The van der Waals surface area contributed by atoms with Gasteiger partial charge < -0.3 is 5.32 Å². The van der Waals surface area contributed by atoms with Gasteiger partial charge in [0, 0.05) is 16.8 Å². The van der Waals surface area contributed by atoms with Gasteiger partial charge in [-0.3, -0.25) is 4.79 Å². The van der Waals surface area contributed by atoms with E-state index in [2.05, 4.69) is 10.3 Å². The van der Waals surface area contributed by atoms with Gasteiger partial charge in [-0.2, -0.15) is 0 Å². The quantitative estimate of drug-likeness (QED) is 0.733. The van der Waals surface area contributed by atoms with Gasteiger partial charge in [-0.05, 0) is 48.9 Å². The molecule has 1 N–H and O–H groups in total. The predicted molar refractivity (Wildman–Crippen MR) is 93.9 cm³/mol. The zero-order valence-electron chi connectivity index (χ0n) is 13.0. The van der Waals surface area contributed by atoms with Gasteiger partial charge in [0.2, 0.25) is 0 Å².